The zero-order valence-electron chi connectivity index (χ0n) is 10.9. The smallest absolute Gasteiger partial charge is 0.416 e. The van der Waals surface area contributed by atoms with Gasteiger partial charge >= 0.3 is 12.1 Å². The van der Waals surface area contributed by atoms with Gasteiger partial charge < -0.3 is 9.84 Å². The number of hydrogen-bond donors (Lipinski definition) is 1. The van der Waals surface area contributed by atoms with Crippen LogP contribution in [-0.4, -0.2) is 18.2 Å². The molecule has 6 heteroatoms. The molecule has 110 valence electrons. The van der Waals surface area contributed by atoms with E-state index in [-0.39, 0.29) is 11.3 Å². The standard InChI is InChI=1S/C15H11F3O3/c1-21-13-7-11(6-12(8-13)15(16,17)18)9-2-4-10(5-3-9)14(19)20/h2-8H,1H3,(H,19,20). The van der Waals surface area contributed by atoms with Gasteiger partial charge in [0.2, 0.25) is 0 Å². The van der Waals surface area contributed by atoms with E-state index in [0.29, 0.717) is 11.1 Å². The second-order valence-electron chi connectivity index (χ2n) is 4.33. The largest absolute Gasteiger partial charge is 0.497 e. The third kappa shape index (κ3) is 3.34. The predicted octanol–water partition coefficient (Wildman–Crippen LogP) is 4.08. The molecule has 0 amide bonds. The molecule has 2 rings (SSSR count). The van der Waals surface area contributed by atoms with Crippen LogP contribution in [-0.2, 0) is 6.18 Å². The summed E-state index contributed by atoms with van der Waals surface area (Å²) in [6, 6.07) is 8.96. The summed E-state index contributed by atoms with van der Waals surface area (Å²) in [5, 5.41) is 8.81. The first-order chi connectivity index (χ1) is 9.81. The summed E-state index contributed by atoms with van der Waals surface area (Å²) in [5.74, 6) is -1.01. The highest BCUT2D eigenvalue weighted by Crippen LogP contribution is 2.35. The molecule has 0 spiro atoms. The molecule has 21 heavy (non-hydrogen) atoms. The van der Waals surface area contributed by atoms with Gasteiger partial charge in [-0.1, -0.05) is 12.1 Å². The summed E-state index contributed by atoms with van der Waals surface area (Å²) in [5.41, 5.74) is 0.0277. The molecular formula is C15H11F3O3. The quantitative estimate of drug-likeness (QED) is 0.928. The number of carbonyl (C=O) groups is 1. The molecule has 0 saturated heterocycles. The lowest BCUT2D eigenvalue weighted by atomic mass is 10.0. The minimum Gasteiger partial charge on any atom is -0.497 e. The van der Waals surface area contributed by atoms with Crippen molar-refractivity contribution in [2.75, 3.05) is 7.11 Å². The van der Waals surface area contributed by atoms with Gasteiger partial charge in [0.1, 0.15) is 5.75 Å². The van der Waals surface area contributed by atoms with Crippen LogP contribution in [0.2, 0.25) is 0 Å². The van der Waals surface area contributed by atoms with Crippen LogP contribution in [0, 0.1) is 0 Å². The maximum Gasteiger partial charge on any atom is 0.416 e. The average molecular weight is 296 g/mol. The van der Waals surface area contributed by atoms with Gasteiger partial charge in [-0.15, -0.1) is 0 Å². The number of aromatic carboxylic acids is 1. The Morgan fingerprint density at radius 2 is 1.67 bits per heavy atom. The molecule has 0 heterocycles. The molecule has 0 fully saturated rings. The van der Waals surface area contributed by atoms with Crippen molar-refractivity contribution in [3.63, 3.8) is 0 Å². The molecule has 0 aromatic heterocycles. The SMILES string of the molecule is COc1cc(-c2ccc(C(=O)O)cc2)cc(C(F)(F)F)c1. The van der Waals surface area contributed by atoms with Gasteiger partial charge in [0.15, 0.2) is 0 Å². The van der Waals surface area contributed by atoms with Crippen LogP contribution in [0.25, 0.3) is 11.1 Å². The first kappa shape index (κ1) is 14.9. The Hall–Kier alpha value is -2.50. The van der Waals surface area contributed by atoms with Crippen molar-refractivity contribution in [1.29, 1.82) is 0 Å². The van der Waals surface area contributed by atoms with Crippen molar-refractivity contribution in [3.05, 3.63) is 53.6 Å². The Balaban J connectivity index is 2.50. The minimum atomic E-state index is -4.48. The van der Waals surface area contributed by atoms with Crippen molar-refractivity contribution < 1.29 is 27.8 Å². The number of benzene rings is 2. The molecule has 0 unspecified atom stereocenters. The van der Waals surface area contributed by atoms with Crippen LogP contribution in [0.15, 0.2) is 42.5 Å². The molecule has 0 aliphatic carbocycles. The molecule has 0 saturated carbocycles. The number of ether oxygens (including phenoxy) is 1. The molecular weight excluding hydrogens is 285 g/mol. The van der Waals surface area contributed by atoms with Crippen molar-refractivity contribution in [3.8, 4) is 16.9 Å². The van der Waals surface area contributed by atoms with Gasteiger partial charge in [-0.3, -0.25) is 0 Å². The summed E-state index contributed by atoms with van der Waals surface area (Å²) in [6.45, 7) is 0. The van der Waals surface area contributed by atoms with E-state index in [2.05, 4.69) is 0 Å². The normalized spacial score (nSPS) is 11.2. The lowest BCUT2D eigenvalue weighted by molar-refractivity contribution is -0.137. The number of hydrogen-bond acceptors (Lipinski definition) is 2. The highest BCUT2D eigenvalue weighted by molar-refractivity contribution is 5.88. The van der Waals surface area contributed by atoms with Crippen molar-refractivity contribution in [2.45, 2.75) is 6.18 Å². The lowest BCUT2D eigenvalue weighted by Gasteiger charge is -2.12. The highest BCUT2D eigenvalue weighted by atomic mass is 19.4. The fourth-order valence-corrected chi connectivity index (χ4v) is 1.85. The molecule has 0 radical (unpaired) electrons. The van der Waals surface area contributed by atoms with E-state index in [4.69, 9.17) is 9.84 Å². The number of halogens is 3. The topological polar surface area (TPSA) is 46.5 Å². The predicted molar refractivity (Wildman–Crippen MR) is 70.4 cm³/mol. The first-order valence-electron chi connectivity index (χ1n) is 5.91. The number of carboxylic acids is 1. The van der Waals surface area contributed by atoms with Gasteiger partial charge in [0.05, 0.1) is 18.2 Å². The fourth-order valence-electron chi connectivity index (χ4n) is 1.85. The fraction of sp³-hybridized carbons (Fsp3) is 0.133. The third-order valence-corrected chi connectivity index (χ3v) is 2.93. The second kappa shape index (κ2) is 5.47. The second-order valence-corrected chi connectivity index (χ2v) is 4.33. The average Bonchev–Trinajstić information content (AvgIpc) is 2.46. The Kier molecular flexibility index (Phi) is 3.88. The van der Waals surface area contributed by atoms with Crippen molar-refractivity contribution in [2.24, 2.45) is 0 Å². The zero-order valence-corrected chi connectivity index (χ0v) is 10.9. The molecule has 0 aliphatic rings. The third-order valence-electron chi connectivity index (χ3n) is 2.93. The summed E-state index contributed by atoms with van der Waals surface area (Å²) >= 11 is 0. The Morgan fingerprint density at radius 1 is 1.05 bits per heavy atom. The molecule has 2 aromatic carbocycles. The Morgan fingerprint density at radius 3 is 2.14 bits per heavy atom. The number of alkyl halides is 3. The Bertz CT molecular complexity index is 661. The Labute approximate surface area is 118 Å². The molecule has 3 nitrogen and oxygen atoms in total. The van der Waals surface area contributed by atoms with Crippen LogP contribution >= 0.6 is 0 Å². The van der Waals surface area contributed by atoms with Crippen molar-refractivity contribution in [1.82, 2.24) is 0 Å². The summed E-state index contributed by atoms with van der Waals surface area (Å²) in [6.07, 6.45) is -4.48. The number of methoxy groups -OCH3 is 1. The molecule has 2 aromatic rings. The van der Waals surface area contributed by atoms with Gasteiger partial charge in [0.25, 0.3) is 0 Å². The molecule has 0 aliphatic heterocycles. The minimum absolute atomic E-state index is 0.0673. The van der Waals surface area contributed by atoms with E-state index in [9.17, 15) is 18.0 Å². The van der Waals surface area contributed by atoms with Gasteiger partial charge in [-0.25, -0.2) is 4.79 Å². The van der Waals surface area contributed by atoms with Gasteiger partial charge in [0, 0.05) is 0 Å². The molecule has 0 bridgehead atoms. The van der Waals surface area contributed by atoms with E-state index in [1.165, 1.54) is 37.4 Å². The van der Waals surface area contributed by atoms with Crippen LogP contribution < -0.4 is 4.74 Å². The van der Waals surface area contributed by atoms with E-state index in [1.54, 1.807) is 0 Å². The van der Waals surface area contributed by atoms with Crippen LogP contribution in [0.3, 0.4) is 0 Å². The van der Waals surface area contributed by atoms with E-state index in [1.807, 2.05) is 0 Å². The number of carboxylic acid groups (broad SMARTS) is 1. The van der Waals surface area contributed by atoms with E-state index < -0.39 is 17.7 Å². The summed E-state index contributed by atoms with van der Waals surface area (Å²) in [4.78, 5) is 10.8. The summed E-state index contributed by atoms with van der Waals surface area (Å²) in [7, 11) is 1.28. The van der Waals surface area contributed by atoms with Crippen molar-refractivity contribution >= 4 is 5.97 Å². The molecule has 0 atom stereocenters. The van der Waals surface area contributed by atoms with E-state index in [0.717, 1.165) is 12.1 Å². The maximum absolute atomic E-state index is 12.8. The highest BCUT2D eigenvalue weighted by Gasteiger charge is 2.31. The summed E-state index contributed by atoms with van der Waals surface area (Å²) < 4.78 is 43.4. The van der Waals surface area contributed by atoms with Gasteiger partial charge in [-0.05, 0) is 41.5 Å². The van der Waals surface area contributed by atoms with E-state index >= 15 is 0 Å². The van der Waals surface area contributed by atoms with Crippen LogP contribution in [0.4, 0.5) is 13.2 Å². The van der Waals surface area contributed by atoms with Crippen LogP contribution in [0.5, 0.6) is 5.75 Å². The van der Waals surface area contributed by atoms with Gasteiger partial charge in [-0.2, -0.15) is 13.2 Å². The zero-order chi connectivity index (χ0) is 15.6. The molecule has 1 N–H and O–H groups in total. The number of rotatable bonds is 3. The maximum atomic E-state index is 12.8. The van der Waals surface area contributed by atoms with Crippen LogP contribution in [0.1, 0.15) is 15.9 Å². The lowest BCUT2D eigenvalue weighted by Crippen LogP contribution is -2.05. The monoisotopic (exact) mass is 296 g/mol. The first-order valence-corrected chi connectivity index (χ1v) is 5.91.